The molecule has 4 atom stereocenters. The van der Waals surface area contributed by atoms with Crippen LogP contribution in [0, 0.1) is 0 Å². The molecule has 0 bridgehead atoms. The molecule has 0 aliphatic heterocycles. The topological polar surface area (TPSA) is 125 Å². The number of azide groups is 1. The van der Waals surface area contributed by atoms with E-state index in [9.17, 15) is 15.0 Å². The fourth-order valence-electron chi connectivity index (χ4n) is 2.12. The minimum atomic E-state index is -2.21. The fraction of sp³-hybridized carbons (Fsp3) is 0.938. The second kappa shape index (κ2) is 10.1. The average molecular weight is 376 g/mol. The molecular formula is C16H33N3O5Si. The van der Waals surface area contributed by atoms with Gasteiger partial charge in [-0.15, -0.1) is 0 Å². The lowest BCUT2D eigenvalue weighted by molar-refractivity contribution is -0.161. The smallest absolute Gasteiger partial charge is 0.337 e. The Hall–Kier alpha value is -1.12. The number of carbonyl (C=O) groups excluding carboxylic acids is 1. The molecule has 0 rings (SSSR count). The van der Waals surface area contributed by atoms with Gasteiger partial charge in [-0.1, -0.05) is 39.2 Å². The molecule has 0 heterocycles. The molecule has 0 saturated heterocycles. The lowest BCUT2D eigenvalue weighted by atomic mass is 9.98. The number of aliphatic hydroxyl groups is 2. The highest BCUT2D eigenvalue weighted by Gasteiger charge is 2.43. The summed E-state index contributed by atoms with van der Waals surface area (Å²) in [6, 6.07) is -1.08. The van der Waals surface area contributed by atoms with Crippen LogP contribution in [-0.4, -0.2) is 55.5 Å². The van der Waals surface area contributed by atoms with Gasteiger partial charge in [-0.25, -0.2) is 4.79 Å². The molecule has 0 radical (unpaired) electrons. The van der Waals surface area contributed by atoms with Crippen LogP contribution in [0.1, 0.15) is 47.5 Å². The van der Waals surface area contributed by atoms with E-state index in [1.165, 1.54) is 0 Å². The molecule has 0 amide bonds. The van der Waals surface area contributed by atoms with E-state index in [4.69, 9.17) is 14.7 Å². The summed E-state index contributed by atoms with van der Waals surface area (Å²) in [5, 5.41) is 24.0. The van der Waals surface area contributed by atoms with Crippen LogP contribution in [0.3, 0.4) is 0 Å². The summed E-state index contributed by atoms with van der Waals surface area (Å²) < 4.78 is 11.1. The zero-order valence-corrected chi connectivity index (χ0v) is 17.4. The number of esters is 1. The third-order valence-corrected chi connectivity index (χ3v) is 9.10. The van der Waals surface area contributed by atoms with E-state index in [2.05, 4.69) is 43.9 Å². The molecule has 0 aromatic heterocycles. The molecular weight excluding hydrogens is 342 g/mol. The molecule has 0 aliphatic rings. The minimum Gasteiger partial charge on any atom is -0.464 e. The second-order valence-corrected chi connectivity index (χ2v) is 12.3. The number of aliphatic hydroxyl groups excluding tert-OH is 2. The predicted molar refractivity (Wildman–Crippen MR) is 98.6 cm³/mol. The predicted octanol–water partition coefficient (Wildman–Crippen LogP) is 3.14. The van der Waals surface area contributed by atoms with Crippen molar-refractivity contribution >= 4 is 14.3 Å². The quantitative estimate of drug-likeness (QED) is 0.199. The highest BCUT2D eigenvalue weighted by Crippen LogP contribution is 2.38. The Bertz CT molecular complexity index is 475. The lowest BCUT2D eigenvalue weighted by Gasteiger charge is -2.41. The number of hydrogen-bond acceptors (Lipinski definition) is 6. The van der Waals surface area contributed by atoms with Crippen LogP contribution in [0.2, 0.25) is 18.1 Å². The van der Waals surface area contributed by atoms with Gasteiger partial charge >= 0.3 is 5.97 Å². The number of hydrogen-bond donors (Lipinski definition) is 2. The second-order valence-electron chi connectivity index (χ2n) is 7.59. The SMILES string of the molecule is CCC[C@H](O[Si](C)(C)C(C)(C)C)[C@@H](N=[N+]=[N-])[C@H](O)[C@@H](O)C(=O)OCC. The zero-order valence-electron chi connectivity index (χ0n) is 16.4. The Kier molecular flexibility index (Phi) is 9.67. The number of nitrogens with zero attached hydrogens (tertiary/aromatic N) is 3. The van der Waals surface area contributed by atoms with Gasteiger partial charge in [0.25, 0.3) is 0 Å². The summed E-state index contributed by atoms with van der Waals surface area (Å²) in [5.41, 5.74) is 8.89. The third kappa shape index (κ3) is 6.95. The molecule has 0 aromatic rings. The van der Waals surface area contributed by atoms with Crippen LogP contribution in [-0.2, 0) is 14.0 Å². The van der Waals surface area contributed by atoms with Crippen molar-refractivity contribution in [1.82, 2.24) is 0 Å². The first-order chi connectivity index (χ1) is 11.4. The Morgan fingerprint density at radius 2 is 1.84 bits per heavy atom. The third-order valence-electron chi connectivity index (χ3n) is 4.59. The first kappa shape index (κ1) is 23.9. The van der Waals surface area contributed by atoms with E-state index in [1.54, 1.807) is 6.92 Å². The molecule has 0 saturated carbocycles. The summed E-state index contributed by atoms with van der Waals surface area (Å²) in [7, 11) is -2.21. The maximum absolute atomic E-state index is 11.7. The van der Waals surface area contributed by atoms with Crippen LogP contribution in [0.4, 0.5) is 0 Å². The molecule has 0 aliphatic carbocycles. The Morgan fingerprint density at radius 3 is 2.24 bits per heavy atom. The van der Waals surface area contributed by atoms with E-state index < -0.39 is 38.6 Å². The van der Waals surface area contributed by atoms with Crippen LogP contribution in [0.25, 0.3) is 10.4 Å². The average Bonchev–Trinajstić information content (AvgIpc) is 2.49. The van der Waals surface area contributed by atoms with Gasteiger partial charge in [0.15, 0.2) is 14.4 Å². The van der Waals surface area contributed by atoms with E-state index >= 15 is 0 Å². The van der Waals surface area contributed by atoms with Gasteiger partial charge < -0.3 is 19.4 Å². The molecule has 9 heteroatoms. The first-order valence-corrected chi connectivity index (χ1v) is 11.6. The maximum Gasteiger partial charge on any atom is 0.337 e. The normalized spacial score (nSPS) is 17.2. The number of ether oxygens (including phenoxy) is 1. The monoisotopic (exact) mass is 375 g/mol. The summed E-state index contributed by atoms with van der Waals surface area (Å²) in [6.07, 6.45) is -2.73. The fourth-order valence-corrected chi connectivity index (χ4v) is 3.48. The van der Waals surface area contributed by atoms with Gasteiger partial charge in [0, 0.05) is 4.91 Å². The Balaban J connectivity index is 5.58. The van der Waals surface area contributed by atoms with Gasteiger partial charge in [-0.05, 0) is 37.0 Å². The van der Waals surface area contributed by atoms with Gasteiger partial charge in [0.2, 0.25) is 0 Å². The first-order valence-electron chi connectivity index (χ1n) is 8.67. The number of carbonyl (C=O) groups is 1. The summed E-state index contributed by atoms with van der Waals surface area (Å²) in [4.78, 5) is 14.5. The summed E-state index contributed by atoms with van der Waals surface area (Å²) in [6.45, 7) is 14.0. The number of rotatable bonds is 10. The lowest BCUT2D eigenvalue weighted by Crippen LogP contribution is -2.52. The summed E-state index contributed by atoms with van der Waals surface area (Å²) in [5.74, 6) is -0.948. The highest BCUT2D eigenvalue weighted by atomic mass is 28.4. The molecule has 146 valence electrons. The zero-order chi connectivity index (χ0) is 19.8. The van der Waals surface area contributed by atoms with Gasteiger partial charge in [0.05, 0.1) is 18.8 Å². The van der Waals surface area contributed by atoms with Gasteiger partial charge in [-0.2, -0.15) is 0 Å². The van der Waals surface area contributed by atoms with Crippen molar-refractivity contribution in [2.75, 3.05) is 6.61 Å². The molecule has 2 N–H and O–H groups in total. The largest absolute Gasteiger partial charge is 0.464 e. The molecule has 0 spiro atoms. The van der Waals surface area contributed by atoms with Crippen molar-refractivity contribution in [1.29, 1.82) is 0 Å². The van der Waals surface area contributed by atoms with E-state index in [0.29, 0.717) is 6.42 Å². The Labute approximate surface area is 151 Å². The van der Waals surface area contributed by atoms with Gasteiger partial charge in [0.1, 0.15) is 6.10 Å². The van der Waals surface area contributed by atoms with E-state index in [-0.39, 0.29) is 11.6 Å². The highest BCUT2D eigenvalue weighted by molar-refractivity contribution is 6.74. The molecule has 0 aromatic carbocycles. The van der Waals surface area contributed by atoms with Crippen molar-refractivity contribution in [3.63, 3.8) is 0 Å². The maximum atomic E-state index is 11.7. The van der Waals surface area contributed by atoms with Gasteiger partial charge in [-0.3, -0.25) is 0 Å². The van der Waals surface area contributed by atoms with E-state index in [0.717, 1.165) is 6.42 Å². The molecule has 25 heavy (non-hydrogen) atoms. The molecule has 0 unspecified atom stereocenters. The van der Waals surface area contributed by atoms with Crippen molar-refractivity contribution in [2.24, 2.45) is 5.11 Å². The Morgan fingerprint density at radius 1 is 1.28 bits per heavy atom. The van der Waals surface area contributed by atoms with Crippen LogP contribution in [0.5, 0.6) is 0 Å². The molecule has 8 nitrogen and oxygen atoms in total. The van der Waals surface area contributed by atoms with Crippen LogP contribution in [0.15, 0.2) is 5.11 Å². The summed E-state index contributed by atoms with van der Waals surface area (Å²) >= 11 is 0. The standard InChI is InChI=1S/C16H33N3O5Si/c1-8-10-11(24-25(6,7)16(3,4)5)12(18-19-17)13(20)14(21)15(22)23-9-2/h11-14,20-21H,8-10H2,1-7H3/t11-,12+,13-,14+/m0/s1. The van der Waals surface area contributed by atoms with Crippen molar-refractivity contribution in [3.8, 4) is 0 Å². The van der Waals surface area contributed by atoms with Crippen molar-refractivity contribution < 1.29 is 24.2 Å². The van der Waals surface area contributed by atoms with Crippen LogP contribution < -0.4 is 0 Å². The van der Waals surface area contributed by atoms with E-state index in [1.807, 2.05) is 6.92 Å². The minimum absolute atomic E-state index is 0.0770. The van der Waals surface area contributed by atoms with Crippen LogP contribution >= 0.6 is 0 Å². The van der Waals surface area contributed by atoms with Crippen molar-refractivity contribution in [2.45, 2.75) is 89.9 Å². The molecule has 0 fully saturated rings. The van der Waals surface area contributed by atoms with Crippen molar-refractivity contribution in [3.05, 3.63) is 10.4 Å².